The number of fused-ring (bicyclic) bond motifs is 6. The number of H-pyrrole nitrogens is 1. The molecule has 166 valence electrons. The molecule has 0 saturated carbocycles. The molecule has 3 heterocycles. The monoisotopic (exact) mass is 465 g/mol. The first kappa shape index (κ1) is 20.1. The maximum atomic E-state index is 14.3. The Kier molecular flexibility index (Phi) is 4.39. The van der Waals surface area contributed by atoms with Gasteiger partial charge in [0, 0.05) is 17.4 Å². The molecule has 1 aromatic heterocycles. The summed E-state index contributed by atoms with van der Waals surface area (Å²) in [6.07, 6.45) is 0.0111. The molecule has 4 aromatic rings. The highest BCUT2D eigenvalue weighted by molar-refractivity contribution is 6.33. The maximum Gasteiger partial charge on any atom is 0.258 e. The van der Waals surface area contributed by atoms with Crippen LogP contribution in [0.3, 0.4) is 0 Å². The van der Waals surface area contributed by atoms with Crippen molar-refractivity contribution in [3.63, 3.8) is 0 Å². The Balaban J connectivity index is 1.64. The topological polar surface area (TPSA) is 48.6 Å². The van der Waals surface area contributed by atoms with Crippen LogP contribution in [0.1, 0.15) is 27.8 Å². The number of rotatable bonds is 2. The minimum atomic E-state index is -0.600. The number of anilines is 2. The van der Waals surface area contributed by atoms with Gasteiger partial charge < -0.3 is 19.5 Å². The first-order chi connectivity index (χ1) is 16.0. The maximum absolute atomic E-state index is 14.3. The van der Waals surface area contributed by atoms with E-state index in [1.54, 1.807) is 18.1 Å². The quantitative estimate of drug-likeness (QED) is 0.397. The molecule has 8 heteroatoms. The highest BCUT2D eigenvalue weighted by Gasteiger charge is 2.44. The van der Waals surface area contributed by atoms with Gasteiger partial charge in [-0.15, -0.1) is 0 Å². The summed E-state index contributed by atoms with van der Waals surface area (Å²) in [5, 5.41) is 1.33. The van der Waals surface area contributed by atoms with Crippen molar-refractivity contribution in [3.05, 3.63) is 88.1 Å². The van der Waals surface area contributed by atoms with Crippen molar-refractivity contribution in [2.75, 3.05) is 18.6 Å². The molecule has 2 aliphatic heterocycles. The Hall–Kier alpha value is -3.58. The van der Waals surface area contributed by atoms with Gasteiger partial charge in [0.15, 0.2) is 6.17 Å². The average molecular weight is 466 g/mol. The van der Waals surface area contributed by atoms with Crippen LogP contribution in [0.4, 0.5) is 20.2 Å². The largest absolute Gasteiger partial charge is 0.497 e. The highest BCUT2D eigenvalue weighted by atomic mass is 35.5. The first-order valence-electron chi connectivity index (χ1n) is 10.5. The normalized spacial score (nSPS) is 17.1. The second-order valence-electron chi connectivity index (χ2n) is 8.18. The average Bonchev–Trinajstić information content (AvgIpc) is 3.19. The molecule has 1 unspecified atom stereocenters. The van der Waals surface area contributed by atoms with E-state index in [1.807, 2.05) is 23.1 Å². The molecule has 1 N–H and O–H groups in total. The van der Waals surface area contributed by atoms with Crippen molar-refractivity contribution >= 4 is 39.8 Å². The molecular formula is C25H18ClF2N3O2. The number of carbonyl (C=O) groups is 1. The Bertz CT molecular complexity index is 1450. The SMILES string of the molecule is COc1ccc2[nH]c3c(c2c1)CCN1C(=O)c2cc(F)ccc2N(c2cc(F)ccc2Cl)C31. The number of benzene rings is 3. The summed E-state index contributed by atoms with van der Waals surface area (Å²) < 4.78 is 33.9. The number of nitrogens with zero attached hydrogens (tertiary/aromatic N) is 2. The van der Waals surface area contributed by atoms with Gasteiger partial charge in [0.25, 0.3) is 5.91 Å². The fourth-order valence-corrected chi connectivity index (χ4v) is 5.17. The van der Waals surface area contributed by atoms with Gasteiger partial charge in [-0.05, 0) is 66.6 Å². The number of aromatic amines is 1. The fourth-order valence-electron chi connectivity index (χ4n) is 4.96. The Morgan fingerprint density at radius 2 is 1.82 bits per heavy atom. The number of halogens is 3. The van der Waals surface area contributed by atoms with E-state index in [0.29, 0.717) is 29.4 Å². The molecule has 0 spiro atoms. The molecule has 0 bridgehead atoms. The van der Waals surface area contributed by atoms with E-state index in [4.69, 9.17) is 16.3 Å². The zero-order chi connectivity index (χ0) is 22.9. The highest BCUT2D eigenvalue weighted by Crippen LogP contribution is 2.49. The number of nitrogens with one attached hydrogen (secondary N) is 1. The smallest absolute Gasteiger partial charge is 0.258 e. The molecule has 6 rings (SSSR count). The molecule has 0 saturated heterocycles. The van der Waals surface area contributed by atoms with Crippen LogP contribution >= 0.6 is 11.6 Å². The van der Waals surface area contributed by atoms with E-state index in [-0.39, 0.29) is 11.5 Å². The molecular weight excluding hydrogens is 448 g/mol. The summed E-state index contributed by atoms with van der Waals surface area (Å²) in [5.74, 6) is -0.516. The molecule has 3 aromatic carbocycles. The van der Waals surface area contributed by atoms with Gasteiger partial charge in [-0.25, -0.2) is 8.78 Å². The second-order valence-corrected chi connectivity index (χ2v) is 8.59. The summed E-state index contributed by atoms with van der Waals surface area (Å²) in [6, 6.07) is 13.9. The lowest BCUT2D eigenvalue weighted by Gasteiger charge is -2.47. The van der Waals surface area contributed by atoms with Crippen molar-refractivity contribution in [2.24, 2.45) is 0 Å². The van der Waals surface area contributed by atoms with E-state index >= 15 is 0 Å². The van der Waals surface area contributed by atoms with Crippen LogP contribution in [0.2, 0.25) is 5.02 Å². The van der Waals surface area contributed by atoms with Crippen LogP contribution in [0.15, 0.2) is 54.6 Å². The van der Waals surface area contributed by atoms with Crippen LogP contribution < -0.4 is 9.64 Å². The third-order valence-electron chi connectivity index (χ3n) is 6.42. The number of hydrogen-bond donors (Lipinski definition) is 1. The molecule has 1 amide bonds. The van der Waals surface area contributed by atoms with Crippen molar-refractivity contribution in [3.8, 4) is 5.75 Å². The summed E-state index contributed by atoms with van der Waals surface area (Å²) in [5.41, 5.74) is 3.86. The molecule has 0 aliphatic carbocycles. The molecule has 1 atom stereocenters. The third-order valence-corrected chi connectivity index (χ3v) is 6.74. The van der Waals surface area contributed by atoms with Crippen LogP contribution in [0.25, 0.3) is 10.9 Å². The Morgan fingerprint density at radius 1 is 1.03 bits per heavy atom. The van der Waals surface area contributed by atoms with Crippen molar-refractivity contribution < 1.29 is 18.3 Å². The lowest BCUT2D eigenvalue weighted by Crippen LogP contribution is -2.50. The summed E-state index contributed by atoms with van der Waals surface area (Å²) >= 11 is 6.53. The van der Waals surface area contributed by atoms with Gasteiger partial charge in [0.2, 0.25) is 0 Å². The summed E-state index contributed by atoms with van der Waals surface area (Å²) in [4.78, 5) is 20.4. The molecule has 33 heavy (non-hydrogen) atoms. The van der Waals surface area contributed by atoms with Crippen molar-refractivity contribution in [2.45, 2.75) is 12.6 Å². The predicted molar refractivity (Wildman–Crippen MR) is 122 cm³/mol. The number of amides is 1. The molecule has 2 aliphatic rings. The third kappa shape index (κ3) is 2.92. The van der Waals surface area contributed by atoms with E-state index in [1.165, 1.54) is 30.3 Å². The van der Waals surface area contributed by atoms with Gasteiger partial charge in [-0.3, -0.25) is 4.79 Å². The molecule has 0 radical (unpaired) electrons. The lowest BCUT2D eigenvalue weighted by molar-refractivity contribution is 0.0641. The predicted octanol–water partition coefficient (Wildman–Crippen LogP) is 5.96. The van der Waals surface area contributed by atoms with E-state index in [0.717, 1.165) is 27.9 Å². The van der Waals surface area contributed by atoms with E-state index in [9.17, 15) is 13.6 Å². The summed E-state index contributed by atoms with van der Waals surface area (Å²) in [6.45, 7) is 0.417. The number of aromatic nitrogens is 1. The second kappa shape index (κ2) is 7.22. The minimum absolute atomic E-state index is 0.216. The van der Waals surface area contributed by atoms with Crippen molar-refractivity contribution in [1.29, 1.82) is 0 Å². The zero-order valence-electron chi connectivity index (χ0n) is 17.5. The molecule has 0 fully saturated rings. The Labute approximate surface area is 193 Å². The fraction of sp³-hybridized carbons (Fsp3) is 0.160. The number of ether oxygens (including phenoxy) is 1. The van der Waals surface area contributed by atoms with Gasteiger partial charge in [0.1, 0.15) is 17.4 Å². The van der Waals surface area contributed by atoms with Crippen LogP contribution in [0, 0.1) is 11.6 Å². The van der Waals surface area contributed by atoms with E-state index < -0.39 is 17.8 Å². The van der Waals surface area contributed by atoms with Crippen LogP contribution in [0.5, 0.6) is 5.75 Å². The van der Waals surface area contributed by atoms with Gasteiger partial charge >= 0.3 is 0 Å². The number of carbonyl (C=O) groups excluding carboxylic acids is 1. The Morgan fingerprint density at radius 3 is 2.64 bits per heavy atom. The lowest BCUT2D eigenvalue weighted by atomic mass is 9.95. The summed E-state index contributed by atoms with van der Waals surface area (Å²) in [7, 11) is 1.62. The zero-order valence-corrected chi connectivity index (χ0v) is 18.3. The number of hydrogen-bond acceptors (Lipinski definition) is 3. The number of methoxy groups -OCH3 is 1. The van der Waals surface area contributed by atoms with Gasteiger partial charge in [0.05, 0.1) is 34.8 Å². The molecule has 5 nitrogen and oxygen atoms in total. The van der Waals surface area contributed by atoms with Crippen LogP contribution in [-0.2, 0) is 6.42 Å². The first-order valence-corrected chi connectivity index (χ1v) is 10.9. The standard InChI is InChI=1S/C25H18ClF2N3O2/c1-33-15-4-6-20-17(12-15)16-8-9-30-24(23(16)29-20)31(22-11-14(28)2-5-19(22)26)21-7-3-13(27)10-18(21)25(30)32/h2-7,10-12,24,29H,8-9H2,1H3. The van der Waals surface area contributed by atoms with Gasteiger partial charge in [-0.1, -0.05) is 11.6 Å². The minimum Gasteiger partial charge on any atom is -0.497 e. The van der Waals surface area contributed by atoms with E-state index in [2.05, 4.69) is 4.98 Å². The van der Waals surface area contributed by atoms with Crippen molar-refractivity contribution in [1.82, 2.24) is 9.88 Å². The van der Waals surface area contributed by atoms with Gasteiger partial charge in [-0.2, -0.15) is 0 Å². The van der Waals surface area contributed by atoms with Crippen LogP contribution in [-0.4, -0.2) is 29.4 Å².